The van der Waals surface area contributed by atoms with Gasteiger partial charge in [-0.2, -0.15) is 10.2 Å². The van der Waals surface area contributed by atoms with Gasteiger partial charge >= 0.3 is 0 Å². The third-order valence-electron chi connectivity index (χ3n) is 5.28. The van der Waals surface area contributed by atoms with Crippen LogP contribution < -0.4 is 10.9 Å². The molecule has 2 aromatic carbocycles. The molecule has 0 aliphatic carbocycles. The van der Waals surface area contributed by atoms with E-state index in [0.29, 0.717) is 37.1 Å². The molecule has 0 atom stereocenters. The summed E-state index contributed by atoms with van der Waals surface area (Å²) < 4.78 is 0. The average Bonchev–Trinajstić information content (AvgIpc) is 2.84. The van der Waals surface area contributed by atoms with Crippen molar-refractivity contribution >= 4 is 35.6 Å². The molecule has 0 saturated carbocycles. The monoisotopic (exact) mass is 481 g/mol. The fourth-order valence-corrected chi connectivity index (χ4v) is 3.47. The number of hydrogen-bond acceptors (Lipinski definition) is 9. The van der Waals surface area contributed by atoms with Crippen LogP contribution in [-0.4, -0.2) is 58.6 Å². The predicted molar refractivity (Wildman–Crippen MR) is 127 cm³/mol. The van der Waals surface area contributed by atoms with Gasteiger partial charge in [-0.3, -0.25) is 34.7 Å². The lowest BCUT2D eigenvalue weighted by Gasteiger charge is -2.30. The van der Waals surface area contributed by atoms with E-state index in [1.807, 2.05) is 4.90 Å². The van der Waals surface area contributed by atoms with Gasteiger partial charge in [0.05, 0.1) is 28.8 Å². The maximum atomic E-state index is 12.3. The van der Waals surface area contributed by atoms with Gasteiger partial charge in [-0.25, -0.2) is 10.9 Å². The number of carbonyl (C=O) groups is 2. The standard InChI is InChI=1S/C22H23N7O6/c30-21(25-23-13-16-3-1-5-19(11-16)28(32)33)15-27-9-7-18(8-10-27)22(31)26-24-14-17-4-2-6-20(12-17)29(34)35/h1-6,11-14,18H,7-10,15H2,(H,25,30)(H,26,31)/b23-13-,24-14-. The number of carbonyl (C=O) groups excluding carboxylic acids is 2. The second-order valence-electron chi connectivity index (χ2n) is 7.78. The number of rotatable bonds is 9. The van der Waals surface area contributed by atoms with E-state index in [1.165, 1.54) is 48.8 Å². The SMILES string of the molecule is O=C(CN1CCC(C(=O)N/N=C\c2cccc([N+](=O)[O-])c2)CC1)N/N=C\c1cccc([N+](=O)[O-])c1. The van der Waals surface area contributed by atoms with Crippen molar-refractivity contribution in [1.82, 2.24) is 15.8 Å². The highest BCUT2D eigenvalue weighted by Gasteiger charge is 2.25. The number of non-ortho nitro benzene ring substituents is 2. The zero-order valence-electron chi connectivity index (χ0n) is 18.6. The van der Waals surface area contributed by atoms with Gasteiger partial charge in [-0.1, -0.05) is 24.3 Å². The van der Waals surface area contributed by atoms with E-state index in [0.717, 1.165) is 0 Å². The van der Waals surface area contributed by atoms with Crippen molar-refractivity contribution in [3.8, 4) is 0 Å². The van der Waals surface area contributed by atoms with Crippen molar-refractivity contribution < 1.29 is 19.4 Å². The number of nitro benzene ring substituents is 2. The van der Waals surface area contributed by atoms with E-state index < -0.39 is 9.85 Å². The molecule has 0 spiro atoms. The third-order valence-corrected chi connectivity index (χ3v) is 5.28. The van der Waals surface area contributed by atoms with Crippen molar-refractivity contribution in [2.75, 3.05) is 19.6 Å². The number of nitro groups is 2. The zero-order chi connectivity index (χ0) is 25.2. The number of likely N-dealkylation sites (tertiary alicyclic amines) is 1. The van der Waals surface area contributed by atoms with Crippen molar-refractivity contribution in [3.63, 3.8) is 0 Å². The Bertz CT molecular complexity index is 1160. The molecule has 1 fully saturated rings. The van der Waals surface area contributed by atoms with Crippen LogP contribution >= 0.6 is 0 Å². The van der Waals surface area contributed by atoms with E-state index in [2.05, 4.69) is 21.1 Å². The van der Waals surface area contributed by atoms with Crippen LogP contribution in [0.2, 0.25) is 0 Å². The van der Waals surface area contributed by atoms with Gasteiger partial charge in [0.2, 0.25) is 5.91 Å². The first-order chi connectivity index (χ1) is 16.8. The molecule has 0 bridgehead atoms. The fourth-order valence-electron chi connectivity index (χ4n) is 3.47. The molecule has 1 aliphatic rings. The summed E-state index contributed by atoms with van der Waals surface area (Å²) in [6, 6.07) is 11.8. The lowest BCUT2D eigenvalue weighted by molar-refractivity contribution is -0.385. The first-order valence-corrected chi connectivity index (χ1v) is 10.7. The van der Waals surface area contributed by atoms with E-state index in [4.69, 9.17) is 0 Å². The molecule has 0 unspecified atom stereocenters. The number of hydrazone groups is 2. The van der Waals surface area contributed by atoms with Crippen molar-refractivity contribution in [2.45, 2.75) is 12.8 Å². The highest BCUT2D eigenvalue weighted by atomic mass is 16.6. The van der Waals surface area contributed by atoms with Crippen molar-refractivity contribution in [2.24, 2.45) is 16.1 Å². The van der Waals surface area contributed by atoms with Crippen LogP contribution in [0.5, 0.6) is 0 Å². The predicted octanol–water partition coefficient (Wildman–Crippen LogP) is 1.82. The van der Waals surface area contributed by atoms with Crippen LogP contribution in [0, 0.1) is 26.1 Å². The van der Waals surface area contributed by atoms with E-state index in [-0.39, 0.29) is 35.7 Å². The summed E-state index contributed by atoms with van der Waals surface area (Å²) in [5.74, 6) is -0.850. The van der Waals surface area contributed by atoms with Crippen molar-refractivity contribution in [1.29, 1.82) is 0 Å². The van der Waals surface area contributed by atoms with E-state index in [1.54, 1.807) is 12.1 Å². The van der Waals surface area contributed by atoms with Gasteiger partial charge in [0.1, 0.15) is 0 Å². The van der Waals surface area contributed by atoms with Crippen LogP contribution in [0.25, 0.3) is 0 Å². The minimum absolute atomic E-state index is 0.0635. The zero-order valence-corrected chi connectivity index (χ0v) is 18.6. The number of hydrogen-bond donors (Lipinski definition) is 2. The summed E-state index contributed by atoms with van der Waals surface area (Å²) in [5.41, 5.74) is 5.70. The molecule has 3 rings (SSSR count). The maximum Gasteiger partial charge on any atom is 0.270 e. The largest absolute Gasteiger partial charge is 0.294 e. The molecule has 2 N–H and O–H groups in total. The average molecular weight is 481 g/mol. The molecule has 13 nitrogen and oxygen atoms in total. The fraction of sp³-hybridized carbons (Fsp3) is 0.273. The van der Waals surface area contributed by atoms with Crippen LogP contribution in [-0.2, 0) is 9.59 Å². The molecule has 0 aromatic heterocycles. The Morgan fingerprint density at radius 1 is 0.914 bits per heavy atom. The van der Waals surface area contributed by atoms with Crippen LogP contribution in [0.15, 0.2) is 58.7 Å². The topological polar surface area (TPSA) is 172 Å². The highest BCUT2D eigenvalue weighted by Crippen LogP contribution is 2.17. The number of benzene rings is 2. The summed E-state index contributed by atoms with van der Waals surface area (Å²) in [6.07, 6.45) is 3.76. The van der Waals surface area contributed by atoms with Crippen LogP contribution in [0.3, 0.4) is 0 Å². The Morgan fingerprint density at radius 2 is 1.43 bits per heavy atom. The minimum atomic E-state index is -0.510. The lowest BCUT2D eigenvalue weighted by atomic mass is 9.96. The summed E-state index contributed by atoms with van der Waals surface area (Å²) in [6.45, 7) is 1.18. The van der Waals surface area contributed by atoms with Gasteiger partial charge in [0, 0.05) is 41.3 Å². The Morgan fingerprint density at radius 3 is 1.94 bits per heavy atom. The molecule has 0 radical (unpaired) electrons. The van der Waals surface area contributed by atoms with Crippen LogP contribution in [0.1, 0.15) is 24.0 Å². The Balaban J connectivity index is 1.39. The van der Waals surface area contributed by atoms with E-state index in [9.17, 15) is 29.8 Å². The summed E-state index contributed by atoms with van der Waals surface area (Å²) >= 11 is 0. The first kappa shape index (κ1) is 25.1. The molecule has 182 valence electrons. The third kappa shape index (κ3) is 7.78. The summed E-state index contributed by atoms with van der Waals surface area (Å²) in [7, 11) is 0. The lowest BCUT2D eigenvalue weighted by Crippen LogP contribution is -2.43. The minimum Gasteiger partial charge on any atom is -0.294 e. The first-order valence-electron chi connectivity index (χ1n) is 10.7. The van der Waals surface area contributed by atoms with Gasteiger partial charge in [-0.15, -0.1) is 0 Å². The molecule has 13 heteroatoms. The highest BCUT2D eigenvalue weighted by molar-refractivity contribution is 5.84. The van der Waals surface area contributed by atoms with Gasteiger partial charge in [0.25, 0.3) is 17.3 Å². The molecule has 1 aliphatic heterocycles. The molecule has 2 amide bonds. The Kier molecular flexibility index (Phi) is 8.67. The van der Waals surface area contributed by atoms with Gasteiger partial charge in [0.15, 0.2) is 0 Å². The van der Waals surface area contributed by atoms with Gasteiger partial charge < -0.3 is 0 Å². The molecular weight excluding hydrogens is 458 g/mol. The second kappa shape index (κ2) is 12.1. The number of nitrogens with one attached hydrogen (secondary N) is 2. The molecule has 35 heavy (non-hydrogen) atoms. The molecular formula is C22H23N7O6. The number of piperidine rings is 1. The maximum absolute atomic E-state index is 12.3. The molecule has 1 saturated heterocycles. The van der Waals surface area contributed by atoms with Gasteiger partial charge in [-0.05, 0) is 25.9 Å². The smallest absolute Gasteiger partial charge is 0.270 e. The number of amides is 2. The Labute approximate surface area is 199 Å². The number of nitrogens with zero attached hydrogens (tertiary/aromatic N) is 5. The molecule has 1 heterocycles. The van der Waals surface area contributed by atoms with E-state index >= 15 is 0 Å². The van der Waals surface area contributed by atoms with Crippen LogP contribution in [0.4, 0.5) is 11.4 Å². The molecule has 2 aromatic rings. The normalized spacial score (nSPS) is 14.7. The second-order valence-corrected chi connectivity index (χ2v) is 7.78. The Hall–Kier alpha value is -4.52. The summed E-state index contributed by atoms with van der Waals surface area (Å²) in [4.78, 5) is 47.0. The summed E-state index contributed by atoms with van der Waals surface area (Å²) in [5, 5.41) is 29.3. The van der Waals surface area contributed by atoms with Crippen molar-refractivity contribution in [3.05, 3.63) is 79.9 Å². The quantitative estimate of drug-likeness (QED) is 0.312.